The number of amides is 1. The van der Waals surface area contributed by atoms with Crippen molar-refractivity contribution in [1.29, 1.82) is 0 Å². The smallest absolute Gasteiger partial charge is 0.306 e. The van der Waals surface area contributed by atoms with Gasteiger partial charge in [0, 0.05) is 18.2 Å². The summed E-state index contributed by atoms with van der Waals surface area (Å²) in [5, 5.41) is 20.7. The number of halogens is 1. The molecule has 3 rings (SSSR count). The molecule has 1 amide bonds. The number of carbonyl (C=O) groups excluding carboxylic acids is 1. The molecule has 1 aromatic heterocycles. The monoisotopic (exact) mass is 393 g/mol. The standard InChI is InChI=1S/C17H20FN5O3S/c18-13-7-6-12(9-14(13)23(25)26)19-16(24)10-27-17-20-15(21-22-17)8-5-11-3-1-2-4-11/h6-7,9,11H,1-5,8,10H2,(H,19,24)(H,20,21,22). The average Bonchev–Trinajstić information content (AvgIpc) is 3.31. The van der Waals surface area contributed by atoms with Gasteiger partial charge in [-0.3, -0.25) is 20.0 Å². The van der Waals surface area contributed by atoms with Crippen molar-refractivity contribution >= 4 is 29.0 Å². The highest BCUT2D eigenvalue weighted by molar-refractivity contribution is 7.99. The van der Waals surface area contributed by atoms with Gasteiger partial charge >= 0.3 is 5.69 Å². The van der Waals surface area contributed by atoms with Crippen molar-refractivity contribution in [3.63, 3.8) is 0 Å². The van der Waals surface area contributed by atoms with Crippen LogP contribution in [-0.4, -0.2) is 31.8 Å². The van der Waals surface area contributed by atoms with E-state index in [4.69, 9.17) is 0 Å². The number of aromatic amines is 1. The van der Waals surface area contributed by atoms with Crippen LogP contribution in [0.3, 0.4) is 0 Å². The number of nitro benzene ring substituents is 1. The molecule has 27 heavy (non-hydrogen) atoms. The van der Waals surface area contributed by atoms with E-state index in [0.29, 0.717) is 5.16 Å². The molecule has 144 valence electrons. The molecule has 1 aromatic carbocycles. The second-order valence-electron chi connectivity index (χ2n) is 6.51. The molecular weight excluding hydrogens is 373 g/mol. The first-order chi connectivity index (χ1) is 13.0. The van der Waals surface area contributed by atoms with Gasteiger partial charge in [-0.25, -0.2) is 4.98 Å². The van der Waals surface area contributed by atoms with Crippen LogP contribution >= 0.6 is 11.8 Å². The van der Waals surface area contributed by atoms with Crippen molar-refractivity contribution in [3.8, 4) is 0 Å². The van der Waals surface area contributed by atoms with Crippen molar-refractivity contribution in [1.82, 2.24) is 15.2 Å². The normalized spacial score (nSPS) is 14.4. The number of nitrogens with one attached hydrogen (secondary N) is 2. The number of H-pyrrole nitrogens is 1. The predicted molar refractivity (Wildman–Crippen MR) is 99.1 cm³/mol. The zero-order valence-electron chi connectivity index (χ0n) is 14.6. The van der Waals surface area contributed by atoms with Gasteiger partial charge in [0.25, 0.3) is 0 Å². The summed E-state index contributed by atoms with van der Waals surface area (Å²) < 4.78 is 13.3. The van der Waals surface area contributed by atoms with Crippen LogP contribution in [0.15, 0.2) is 23.4 Å². The Bertz CT molecular complexity index is 823. The highest BCUT2D eigenvalue weighted by Crippen LogP contribution is 2.28. The number of rotatable bonds is 8. The topological polar surface area (TPSA) is 114 Å². The third kappa shape index (κ3) is 5.49. The van der Waals surface area contributed by atoms with Crippen LogP contribution < -0.4 is 5.32 Å². The molecule has 1 heterocycles. The van der Waals surface area contributed by atoms with E-state index >= 15 is 0 Å². The lowest BCUT2D eigenvalue weighted by Crippen LogP contribution is -2.14. The number of benzene rings is 1. The Morgan fingerprint density at radius 3 is 2.93 bits per heavy atom. The summed E-state index contributed by atoms with van der Waals surface area (Å²) in [6, 6.07) is 3.22. The Hall–Kier alpha value is -2.49. The van der Waals surface area contributed by atoms with Crippen molar-refractivity contribution in [2.75, 3.05) is 11.1 Å². The number of thioether (sulfide) groups is 1. The molecule has 0 radical (unpaired) electrons. The molecule has 0 aliphatic heterocycles. The van der Waals surface area contributed by atoms with E-state index in [-0.39, 0.29) is 17.3 Å². The molecule has 10 heteroatoms. The lowest BCUT2D eigenvalue weighted by Gasteiger charge is -2.05. The zero-order chi connectivity index (χ0) is 19.2. The molecule has 0 unspecified atom stereocenters. The lowest BCUT2D eigenvalue weighted by atomic mass is 10.0. The molecule has 0 saturated heterocycles. The highest BCUT2D eigenvalue weighted by Gasteiger charge is 2.17. The minimum Gasteiger partial charge on any atom is -0.325 e. The first kappa shape index (κ1) is 19.3. The third-order valence-corrected chi connectivity index (χ3v) is 5.38. The fraction of sp³-hybridized carbons (Fsp3) is 0.471. The van der Waals surface area contributed by atoms with E-state index in [0.717, 1.165) is 36.7 Å². The maximum atomic E-state index is 13.3. The van der Waals surface area contributed by atoms with E-state index in [1.807, 2.05) is 0 Å². The van der Waals surface area contributed by atoms with Gasteiger partial charge in [-0.05, 0) is 24.5 Å². The number of carbonyl (C=O) groups is 1. The van der Waals surface area contributed by atoms with Gasteiger partial charge in [-0.2, -0.15) is 4.39 Å². The fourth-order valence-electron chi connectivity index (χ4n) is 3.15. The molecule has 0 atom stereocenters. The van der Waals surface area contributed by atoms with Crippen LogP contribution in [-0.2, 0) is 11.2 Å². The van der Waals surface area contributed by atoms with Crippen molar-refractivity contribution in [2.24, 2.45) is 5.92 Å². The Morgan fingerprint density at radius 2 is 2.19 bits per heavy atom. The molecule has 1 aliphatic rings. The van der Waals surface area contributed by atoms with Crippen LogP contribution in [0.4, 0.5) is 15.8 Å². The number of hydrogen-bond acceptors (Lipinski definition) is 6. The Morgan fingerprint density at radius 1 is 1.41 bits per heavy atom. The number of nitro groups is 1. The lowest BCUT2D eigenvalue weighted by molar-refractivity contribution is -0.387. The van der Waals surface area contributed by atoms with Gasteiger partial charge in [0.2, 0.25) is 16.9 Å². The Labute approximate surface area is 159 Å². The fourth-order valence-corrected chi connectivity index (χ4v) is 3.77. The predicted octanol–water partition coefficient (Wildman–Crippen LogP) is 3.71. The summed E-state index contributed by atoms with van der Waals surface area (Å²) >= 11 is 1.17. The van der Waals surface area contributed by atoms with Crippen LogP contribution in [0.2, 0.25) is 0 Å². The summed E-state index contributed by atoms with van der Waals surface area (Å²) in [5.41, 5.74) is -0.512. The van der Waals surface area contributed by atoms with Gasteiger partial charge in [0.1, 0.15) is 5.82 Å². The summed E-state index contributed by atoms with van der Waals surface area (Å²) in [6.07, 6.45) is 7.16. The number of nitrogens with zero attached hydrogens (tertiary/aromatic N) is 3. The second kappa shape index (κ2) is 8.94. The first-order valence-corrected chi connectivity index (χ1v) is 9.77. The number of anilines is 1. The van der Waals surface area contributed by atoms with Crippen LogP contribution in [0.25, 0.3) is 0 Å². The van der Waals surface area contributed by atoms with Gasteiger partial charge in [-0.15, -0.1) is 5.10 Å². The SMILES string of the molecule is O=C(CSc1n[nH]c(CCC2CCCC2)n1)Nc1ccc(F)c([N+](=O)[O-])c1. The maximum Gasteiger partial charge on any atom is 0.306 e. The molecule has 2 aromatic rings. The van der Waals surface area contributed by atoms with Crippen LogP contribution in [0.5, 0.6) is 0 Å². The van der Waals surface area contributed by atoms with Gasteiger partial charge < -0.3 is 5.32 Å². The summed E-state index contributed by atoms with van der Waals surface area (Å²) in [6.45, 7) is 0. The van der Waals surface area contributed by atoms with E-state index in [1.54, 1.807) is 0 Å². The van der Waals surface area contributed by atoms with Crippen molar-refractivity contribution in [3.05, 3.63) is 40.0 Å². The van der Waals surface area contributed by atoms with E-state index in [1.165, 1.54) is 43.5 Å². The summed E-state index contributed by atoms with van der Waals surface area (Å²) in [4.78, 5) is 26.3. The van der Waals surface area contributed by atoms with Crippen LogP contribution in [0, 0.1) is 21.8 Å². The highest BCUT2D eigenvalue weighted by atomic mass is 32.2. The number of aryl methyl sites for hydroxylation is 1. The van der Waals surface area contributed by atoms with E-state index in [9.17, 15) is 19.3 Å². The Kier molecular flexibility index (Phi) is 6.38. The molecule has 1 fully saturated rings. The average molecular weight is 393 g/mol. The minimum absolute atomic E-state index is 0.0467. The zero-order valence-corrected chi connectivity index (χ0v) is 15.4. The van der Waals surface area contributed by atoms with Crippen molar-refractivity contribution in [2.45, 2.75) is 43.7 Å². The number of hydrogen-bond donors (Lipinski definition) is 2. The quantitative estimate of drug-likeness (QED) is 0.401. The minimum atomic E-state index is -0.946. The summed E-state index contributed by atoms with van der Waals surface area (Å²) in [7, 11) is 0. The second-order valence-corrected chi connectivity index (χ2v) is 7.46. The van der Waals surface area contributed by atoms with Crippen LogP contribution in [0.1, 0.15) is 37.9 Å². The van der Waals surface area contributed by atoms with E-state index in [2.05, 4.69) is 20.5 Å². The molecular formula is C17H20FN5O3S. The van der Waals surface area contributed by atoms with E-state index < -0.39 is 16.4 Å². The molecule has 2 N–H and O–H groups in total. The molecule has 0 spiro atoms. The third-order valence-electron chi connectivity index (χ3n) is 4.53. The largest absolute Gasteiger partial charge is 0.325 e. The summed E-state index contributed by atoms with van der Waals surface area (Å²) in [5.74, 6) is 0.317. The van der Waals surface area contributed by atoms with Gasteiger partial charge in [0.05, 0.1) is 10.7 Å². The maximum absolute atomic E-state index is 13.3. The molecule has 1 aliphatic carbocycles. The molecule has 1 saturated carbocycles. The van der Waals surface area contributed by atoms with Crippen molar-refractivity contribution < 1.29 is 14.1 Å². The molecule has 8 nitrogen and oxygen atoms in total. The van der Waals surface area contributed by atoms with Gasteiger partial charge in [-0.1, -0.05) is 37.4 Å². The molecule has 0 bridgehead atoms. The number of aromatic nitrogens is 3. The Balaban J connectivity index is 1.46. The first-order valence-electron chi connectivity index (χ1n) is 8.79. The van der Waals surface area contributed by atoms with Gasteiger partial charge in [0.15, 0.2) is 0 Å².